The van der Waals surface area contributed by atoms with E-state index in [1.54, 1.807) is 12.1 Å². The van der Waals surface area contributed by atoms with Crippen molar-refractivity contribution < 1.29 is 18.7 Å². The summed E-state index contributed by atoms with van der Waals surface area (Å²) in [5, 5.41) is 5.55. The van der Waals surface area contributed by atoms with Gasteiger partial charge in [-0.05, 0) is 31.0 Å². The summed E-state index contributed by atoms with van der Waals surface area (Å²) in [4.78, 5) is 25.4. The van der Waals surface area contributed by atoms with Gasteiger partial charge in [-0.2, -0.15) is 0 Å². The van der Waals surface area contributed by atoms with Gasteiger partial charge in [0.25, 0.3) is 0 Å². The largest absolute Gasteiger partial charge is 0.376 e. The molecule has 2 heterocycles. The Morgan fingerprint density at radius 3 is 3.04 bits per heavy atom. The fraction of sp³-hybridized carbons (Fsp3) is 0.500. The number of urea groups is 1. The van der Waals surface area contributed by atoms with Crippen LogP contribution in [0.2, 0.25) is 0 Å². The molecule has 2 saturated heterocycles. The first-order valence-electron chi connectivity index (χ1n) is 7.84. The van der Waals surface area contributed by atoms with E-state index < -0.39 is 0 Å². The quantitative estimate of drug-likeness (QED) is 0.881. The number of rotatable bonds is 4. The number of nitrogens with one attached hydrogen (secondary N) is 2. The van der Waals surface area contributed by atoms with Gasteiger partial charge in [0.2, 0.25) is 5.91 Å². The average molecular weight is 321 g/mol. The Kier molecular flexibility index (Phi) is 4.76. The van der Waals surface area contributed by atoms with Gasteiger partial charge in [0.05, 0.1) is 12.1 Å². The predicted molar refractivity (Wildman–Crippen MR) is 82.7 cm³/mol. The van der Waals surface area contributed by atoms with Gasteiger partial charge in [-0.25, -0.2) is 9.18 Å². The van der Waals surface area contributed by atoms with Gasteiger partial charge >= 0.3 is 6.03 Å². The van der Waals surface area contributed by atoms with Crippen molar-refractivity contribution in [1.29, 1.82) is 0 Å². The molecule has 2 aliphatic heterocycles. The molecule has 0 unspecified atom stereocenters. The first-order chi connectivity index (χ1) is 11.1. The number of halogens is 1. The zero-order chi connectivity index (χ0) is 16.2. The lowest BCUT2D eigenvalue weighted by molar-refractivity contribution is -0.117. The van der Waals surface area contributed by atoms with Gasteiger partial charge < -0.3 is 20.3 Å². The van der Waals surface area contributed by atoms with Crippen LogP contribution in [-0.4, -0.2) is 43.8 Å². The molecule has 0 aliphatic carbocycles. The fourth-order valence-corrected chi connectivity index (χ4v) is 2.95. The number of benzene rings is 1. The van der Waals surface area contributed by atoms with Crippen LogP contribution in [0.5, 0.6) is 0 Å². The lowest BCUT2D eigenvalue weighted by Gasteiger charge is -2.18. The maximum atomic E-state index is 13.3. The minimum Gasteiger partial charge on any atom is -0.376 e. The minimum atomic E-state index is -0.388. The topological polar surface area (TPSA) is 70.7 Å². The van der Waals surface area contributed by atoms with Crippen LogP contribution in [0.15, 0.2) is 24.3 Å². The minimum absolute atomic E-state index is 0.0785. The third-order valence-electron chi connectivity index (χ3n) is 4.09. The van der Waals surface area contributed by atoms with Crippen LogP contribution < -0.4 is 15.5 Å². The maximum Gasteiger partial charge on any atom is 0.315 e. The van der Waals surface area contributed by atoms with Crippen LogP contribution >= 0.6 is 0 Å². The highest BCUT2D eigenvalue weighted by molar-refractivity contribution is 5.96. The van der Waals surface area contributed by atoms with Crippen LogP contribution in [-0.2, 0) is 9.53 Å². The van der Waals surface area contributed by atoms with Crippen LogP contribution in [0.3, 0.4) is 0 Å². The normalized spacial score (nSPS) is 24.0. The Morgan fingerprint density at radius 2 is 2.30 bits per heavy atom. The highest BCUT2D eigenvalue weighted by atomic mass is 19.1. The molecule has 0 spiro atoms. The van der Waals surface area contributed by atoms with E-state index in [2.05, 4.69) is 10.6 Å². The summed E-state index contributed by atoms with van der Waals surface area (Å²) >= 11 is 0. The Hall–Kier alpha value is -2.15. The van der Waals surface area contributed by atoms with Gasteiger partial charge in [0, 0.05) is 31.8 Å². The lowest BCUT2D eigenvalue weighted by Crippen LogP contribution is -2.45. The fourth-order valence-electron chi connectivity index (χ4n) is 2.95. The lowest BCUT2D eigenvalue weighted by atomic mass is 10.2. The smallest absolute Gasteiger partial charge is 0.315 e. The van der Waals surface area contributed by atoms with Crippen LogP contribution in [0, 0.1) is 5.82 Å². The molecule has 0 aromatic heterocycles. The number of hydrogen-bond donors (Lipinski definition) is 2. The van der Waals surface area contributed by atoms with Crippen LogP contribution in [0.25, 0.3) is 0 Å². The molecule has 1 aromatic carbocycles. The molecule has 124 valence electrons. The number of carbonyl (C=O) groups is 2. The molecule has 3 amide bonds. The third kappa shape index (κ3) is 3.98. The van der Waals surface area contributed by atoms with Crippen molar-refractivity contribution in [1.82, 2.24) is 10.6 Å². The Balaban J connectivity index is 1.50. The van der Waals surface area contributed by atoms with Crippen molar-refractivity contribution in [2.45, 2.75) is 31.4 Å². The summed E-state index contributed by atoms with van der Waals surface area (Å²) in [6.07, 6.45) is 2.27. The number of nitrogens with zero attached hydrogens (tertiary/aromatic N) is 1. The van der Waals surface area contributed by atoms with E-state index in [0.717, 1.165) is 19.4 Å². The van der Waals surface area contributed by atoms with Gasteiger partial charge in [-0.15, -0.1) is 0 Å². The van der Waals surface area contributed by atoms with Crippen molar-refractivity contribution in [2.75, 3.05) is 24.6 Å². The van der Waals surface area contributed by atoms with E-state index in [1.807, 2.05) is 0 Å². The summed E-state index contributed by atoms with van der Waals surface area (Å²) in [7, 11) is 0. The zero-order valence-corrected chi connectivity index (χ0v) is 12.8. The zero-order valence-electron chi connectivity index (χ0n) is 12.8. The summed E-state index contributed by atoms with van der Waals surface area (Å²) in [5.74, 6) is -0.513. The summed E-state index contributed by atoms with van der Waals surface area (Å²) in [6, 6.07) is 5.30. The second-order valence-electron chi connectivity index (χ2n) is 5.87. The summed E-state index contributed by atoms with van der Waals surface area (Å²) in [5.41, 5.74) is 0.513. The maximum absolute atomic E-state index is 13.3. The standard InChI is InChI=1S/C16H20FN3O3/c17-11-3-1-4-13(7-11)20-10-12(8-15(20)21)19-16(22)18-9-14-5-2-6-23-14/h1,3-4,7,12,14H,2,5-6,8-10H2,(H2,18,19,22)/t12-,14+/m1/s1. The second-order valence-corrected chi connectivity index (χ2v) is 5.87. The van der Waals surface area contributed by atoms with Gasteiger partial charge in [-0.1, -0.05) is 6.07 Å². The second kappa shape index (κ2) is 6.95. The number of carbonyl (C=O) groups excluding carboxylic acids is 2. The Bertz CT molecular complexity index is 590. The number of ether oxygens (including phenoxy) is 1. The van der Waals surface area contributed by atoms with E-state index in [4.69, 9.17) is 4.74 Å². The number of amides is 3. The third-order valence-corrected chi connectivity index (χ3v) is 4.09. The first kappa shape index (κ1) is 15.7. The summed E-state index contributed by atoms with van der Waals surface area (Å²) < 4.78 is 18.7. The molecule has 2 atom stereocenters. The van der Waals surface area contributed by atoms with Crippen molar-refractivity contribution in [2.24, 2.45) is 0 Å². The van der Waals surface area contributed by atoms with E-state index in [-0.39, 0.29) is 36.3 Å². The monoisotopic (exact) mass is 321 g/mol. The van der Waals surface area contributed by atoms with Crippen molar-refractivity contribution in [3.8, 4) is 0 Å². The molecular weight excluding hydrogens is 301 g/mol. The van der Waals surface area contributed by atoms with Crippen molar-refractivity contribution >= 4 is 17.6 Å². The van der Waals surface area contributed by atoms with E-state index >= 15 is 0 Å². The van der Waals surface area contributed by atoms with Crippen LogP contribution in [0.1, 0.15) is 19.3 Å². The number of hydrogen-bond acceptors (Lipinski definition) is 3. The van der Waals surface area contributed by atoms with Crippen LogP contribution in [0.4, 0.5) is 14.9 Å². The molecule has 0 bridgehead atoms. The summed E-state index contributed by atoms with van der Waals surface area (Å²) in [6.45, 7) is 1.56. The van der Waals surface area contributed by atoms with E-state index in [0.29, 0.717) is 18.8 Å². The van der Waals surface area contributed by atoms with Crippen molar-refractivity contribution in [3.63, 3.8) is 0 Å². The van der Waals surface area contributed by atoms with Gasteiger partial charge in [-0.3, -0.25) is 4.79 Å². The molecule has 2 N–H and O–H groups in total. The molecule has 1 aromatic rings. The molecule has 6 nitrogen and oxygen atoms in total. The number of anilines is 1. The van der Waals surface area contributed by atoms with E-state index in [1.165, 1.54) is 17.0 Å². The molecule has 2 aliphatic rings. The SMILES string of the molecule is O=C(NC[C@@H]1CCCO1)N[C@@H]1CC(=O)N(c2cccc(F)c2)C1. The Labute approximate surface area is 134 Å². The molecule has 2 fully saturated rings. The highest BCUT2D eigenvalue weighted by Crippen LogP contribution is 2.22. The average Bonchev–Trinajstić information content (AvgIpc) is 3.15. The molecule has 0 radical (unpaired) electrons. The van der Waals surface area contributed by atoms with E-state index in [9.17, 15) is 14.0 Å². The molecule has 0 saturated carbocycles. The molecule has 7 heteroatoms. The molecular formula is C16H20FN3O3. The van der Waals surface area contributed by atoms with Gasteiger partial charge in [0.15, 0.2) is 0 Å². The first-order valence-corrected chi connectivity index (χ1v) is 7.84. The highest BCUT2D eigenvalue weighted by Gasteiger charge is 2.31. The van der Waals surface area contributed by atoms with Gasteiger partial charge in [0.1, 0.15) is 5.82 Å². The Morgan fingerprint density at radius 1 is 1.43 bits per heavy atom. The van der Waals surface area contributed by atoms with Crippen molar-refractivity contribution in [3.05, 3.63) is 30.1 Å². The molecule has 3 rings (SSSR count). The molecule has 23 heavy (non-hydrogen) atoms. The predicted octanol–water partition coefficient (Wildman–Crippen LogP) is 1.41.